The molecule has 1 unspecified atom stereocenters. The molecule has 0 spiro atoms. The van der Waals surface area contributed by atoms with Gasteiger partial charge in [-0.05, 0) is 36.8 Å². The Hall–Kier alpha value is -3.28. The number of hydrogen-bond donors (Lipinski definition) is 2. The van der Waals surface area contributed by atoms with Gasteiger partial charge in [0.1, 0.15) is 12.6 Å². The normalized spacial score (nSPS) is 19.0. The van der Waals surface area contributed by atoms with Gasteiger partial charge in [-0.1, -0.05) is 35.4 Å². The minimum atomic E-state index is -0.735. The van der Waals surface area contributed by atoms with Crippen molar-refractivity contribution in [2.75, 3.05) is 13.1 Å². The largest absolute Gasteiger partial charge is 0.445 e. The van der Waals surface area contributed by atoms with Crippen molar-refractivity contribution in [2.24, 2.45) is 10.8 Å². The number of alkyl carbamates (subject to hydrolysis) is 1. The van der Waals surface area contributed by atoms with Gasteiger partial charge < -0.3 is 20.7 Å². The van der Waals surface area contributed by atoms with Crippen LogP contribution in [0.25, 0.3) is 10.4 Å². The van der Waals surface area contributed by atoms with E-state index in [2.05, 4.69) is 21.4 Å². The quantitative estimate of drug-likeness (QED) is 0.281. The van der Waals surface area contributed by atoms with E-state index >= 15 is 0 Å². The van der Waals surface area contributed by atoms with Crippen LogP contribution in [0.5, 0.6) is 0 Å². The van der Waals surface area contributed by atoms with Crippen LogP contribution in [0.3, 0.4) is 0 Å². The van der Waals surface area contributed by atoms with Crippen LogP contribution in [0.2, 0.25) is 0 Å². The fourth-order valence-corrected chi connectivity index (χ4v) is 3.13. The fraction of sp³-hybridized carbons (Fsp3) is 0.526. The SMILES string of the molecule is N#C[C@@H]1CC(N=[N+]=[N-])CN1C(=O)[C@@H](N)CCCCNC(=O)OCc1ccccc1. The second-order valence-corrected chi connectivity index (χ2v) is 6.82. The average molecular weight is 399 g/mol. The van der Waals surface area contributed by atoms with Crippen LogP contribution in [-0.2, 0) is 16.1 Å². The summed E-state index contributed by atoms with van der Waals surface area (Å²) in [4.78, 5) is 28.3. The lowest BCUT2D eigenvalue weighted by molar-refractivity contribution is -0.132. The first kappa shape index (κ1) is 22.0. The minimum Gasteiger partial charge on any atom is -0.445 e. The second-order valence-electron chi connectivity index (χ2n) is 6.82. The van der Waals surface area contributed by atoms with Gasteiger partial charge in [-0.3, -0.25) is 4.79 Å². The van der Waals surface area contributed by atoms with E-state index in [9.17, 15) is 14.9 Å². The number of unbranched alkanes of at least 4 members (excludes halogenated alkanes) is 1. The van der Waals surface area contributed by atoms with Gasteiger partial charge in [-0.2, -0.15) is 5.26 Å². The summed E-state index contributed by atoms with van der Waals surface area (Å²) >= 11 is 0. The van der Waals surface area contributed by atoms with Crippen LogP contribution < -0.4 is 11.1 Å². The van der Waals surface area contributed by atoms with E-state index in [1.807, 2.05) is 30.3 Å². The highest BCUT2D eigenvalue weighted by molar-refractivity contribution is 5.82. The van der Waals surface area contributed by atoms with Gasteiger partial charge in [-0.15, -0.1) is 0 Å². The van der Waals surface area contributed by atoms with Gasteiger partial charge in [0.25, 0.3) is 0 Å². The summed E-state index contributed by atoms with van der Waals surface area (Å²) in [5, 5.41) is 15.5. The van der Waals surface area contributed by atoms with E-state index in [1.165, 1.54) is 4.90 Å². The molecule has 1 fully saturated rings. The number of nitrogens with zero attached hydrogens (tertiary/aromatic N) is 5. The first-order valence-corrected chi connectivity index (χ1v) is 9.49. The molecule has 0 aliphatic carbocycles. The molecule has 1 aliphatic heterocycles. The maximum absolute atomic E-state index is 12.5. The highest BCUT2D eigenvalue weighted by Gasteiger charge is 2.36. The number of azide groups is 1. The molecule has 0 bridgehead atoms. The summed E-state index contributed by atoms with van der Waals surface area (Å²) in [7, 11) is 0. The van der Waals surface area contributed by atoms with Crippen LogP contribution in [0.4, 0.5) is 4.79 Å². The summed E-state index contributed by atoms with van der Waals surface area (Å²) < 4.78 is 5.12. The molecule has 154 valence electrons. The maximum Gasteiger partial charge on any atom is 0.407 e. The summed E-state index contributed by atoms with van der Waals surface area (Å²) in [5.41, 5.74) is 15.4. The average Bonchev–Trinajstić information content (AvgIpc) is 3.15. The van der Waals surface area contributed by atoms with E-state index in [1.54, 1.807) is 0 Å². The third kappa shape index (κ3) is 6.99. The molecule has 1 saturated heterocycles. The number of carbonyl (C=O) groups is 2. The Bertz CT molecular complexity index is 774. The lowest BCUT2D eigenvalue weighted by Crippen LogP contribution is -2.46. The van der Waals surface area contributed by atoms with Gasteiger partial charge in [0, 0.05) is 18.0 Å². The van der Waals surface area contributed by atoms with Crippen LogP contribution in [0.1, 0.15) is 31.2 Å². The number of nitrogens with one attached hydrogen (secondary N) is 1. The van der Waals surface area contributed by atoms with E-state index in [0.29, 0.717) is 32.2 Å². The summed E-state index contributed by atoms with van der Waals surface area (Å²) in [6, 6.07) is 9.69. The number of carbonyl (C=O) groups excluding carboxylic acids is 2. The van der Waals surface area contributed by atoms with E-state index < -0.39 is 24.2 Å². The fourth-order valence-electron chi connectivity index (χ4n) is 3.13. The summed E-state index contributed by atoms with van der Waals surface area (Å²) in [6.07, 6.45) is 1.54. The van der Waals surface area contributed by atoms with Crippen molar-refractivity contribution in [2.45, 2.75) is 50.4 Å². The summed E-state index contributed by atoms with van der Waals surface area (Å²) in [5.74, 6) is -0.317. The molecule has 2 amide bonds. The topological polar surface area (TPSA) is 157 Å². The second kappa shape index (κ2) is 11.5. The molecule has 0 aromatic heterocycles. The number of ether oxygens (including phenoxy) is 1. The number of benzene rings is 1. The van der Waals surface area contributed by atoms with Crippen molar-refractivity contribution in [3.63, 3.8) is 0 Å². The molecule has 3 N–H and O–H groups in total. The van der Waals surface area contributed by atoms with Gasteiger partial charge in [0.15, 0.2) is 0 Å². The minimum absolute atomic E-state index is 0.207. The Kier molecular flexibility index (Phi) is 8.76. The molecule has 1 heterocycles. The molecule has 29 heavy (non-hydrogen) atoms. The molecule has 10 heteroatoms. The molecule has 10 nitrogen and oxygen atoms in total. The highest BCUT2D eigenvalue weighted by atomic mass is 16.5. The van der Waals surface area contributed by atoms with Gasteiger partial charge in [-0.25, -0.2) is 4.79 Å². The Balaban J connectivity index is 1.63. The van der Waals surface area contributed by atoms with Crippen molar-refractivity contribution >= 4 is 12.0 Å². The number of hydrogen-bond acceptors (Lipinski definition) is 6. The number of likely N-dealkylation sites (tertiary alicyclic amines) is 1. The third-order valence-electron chi connectivity index (χ3n) is 4.67. The van der Waals surface area contributed by atoms with Gasteiger partial charge in [0.2, 0.25) is 5.91 Å². The monoisotopic (exact) mass is 399 g/mol. The molecule has 2 rings (SSSR count). The molecular formula is C19H25N7O3. The zero-order chi connectivity index (χ0) is 21.1. The van der Waals surface area contributed by atoms with Crippen molar-refractivity contribution in [1.29, 1.82) is 5.26 Å². The Morgan fingerprint density at radius 2 is 2.17 bits per heavy atom. The number of rotatable bonds is 9. The van der Waals surface area contributed by atoms with Crippen LogP contribution in [-0.4, -0.2) is 48.1 Å². The zero-order valence-corrected chi connectivity index (χ0v) is 16.1. The van der Waals surface area contributed by atoms with Crippen molar-refractivity contribution in [3.8, 4) is 6.07 Å². The van der Waals surface area contributed by atoms with E-state index in [-0.39, 0.29) is 19.1 Å². The predicted molar refractivity (Wildman–Crippen MR) is 105 cm³/mol. The Morgan fingerprint density at radius 3 is 2.86 bits per heavy atom. The van der Waals surface area contributed by atoms with Gasteiger partial charge >= 0.3 is 6.09 Å². The van der Waals surface area contributed by atoms with E-state index in [0.717, 1.165) is 5.56 Å². The molecule has 3 atom stereocenters. The van der Waals surface area contributed by atoms with Crippen LogP contribution in [0, 0.1) is 11.3 Å². The first-order chi connectivity index (χ1) is 14.0. The lowest BCUT2D eigenvalue weighted by Gasteiger charge is -2.23. The molecular weight excluding hydrogens is 374 g/mol. The number of amides is 2. The highest BCUT2D eigenvalue weighted by Crippen LogP contribution is 2.21. The number of nitrogens with two attached hydrogens (primary N) is 1. The molecule has 1 aromatic carbocycles. The smallest absolute Gasteiger partial charge is 0.407 e. The molecule has 1 aliphatic rings. The molecule has 0 radical (unpaired) electrons. The van der Waals surface area contributed by atoms with Crippen molar-refractivity contribution < 1.29 is 14.3 Å². The molecule has 0 saturated carbocycles. The standard InChI is InChI=1S/C19H25N7O3/c20-11-16-10-15(24-25-22)12-26(16)18(27)17(21)8-4-5-9-23-19(28)29-13-14-6-2-1-3-7-14/h1-3,6-7,15-17H,4-5,8-10,12-13,21H2,(H,23,28)/t15?,16-,17-/m0/s1. The third-order valence-corrected chi connectivity index (χ3v) is 4.67. The Labute approximate surface area is 169 Å². The zero-order valence-electron chi connectivity index (χ0n) is 16.1. The molecule has 1 aromatic rings. The van der Waals surface area contributed by atoms with Crippen molar-refractivity contribution in [3.05, 3.63) is 46.3 Å². The first-order valence-electron chi connectivity index (χ1n) is 9.49. The summed E-state index contributed by atoms with van der Waals surface area (Å²) in [6.45, 7) is 0.834. The van der Waals surface area contributed by atoms with Crippen molar-refractivity contribution in [1.82, 2.24) is 10.2 Å². The van der Waals surface area contributed by atoms with Gasteiger partial charge in [0.05, 0.1) is 18.2 Å². The number of nitriles is 1. The van der Waals surface area contributed by atoms with Crippen LogP contribution >= 0.6 is 0 Å². The van der Waals surface area contributed by atoms with Crippen LogP contribution in [0.15, 0.2) is 35.4 Å². The Morgan fingerprint density at radius 1 is 1.41 bits per heavy atom. The maximum atomic E-state index is 12.5. The predicted octanol–water partition coefficient (Wildman–Crippen LogP) is 2.21. The van der Waals surface area contributed by atoms with E-state index in [4.69, 9.17) is 16.0 Å². The lowest BCUT2D eigenvalue weighted by atomic mass is 10.1.